The number of H-pyrrole nitrogens is 1. The van der Waals surface area contributed by atoms with Gasteiger partial charge in [0, 0.05) is 40.7 Å². The Labute approximate surface area is 133 Å². The predicted molar refractivity (Wildman–Crippen MR) is 93.3 cm³/mol. The van der Waals surface area contributed by atoms with Crippen LogP contribution in [0.2, 0.25) is 0 Å². The van der Waals surface area contributed by atoms with Crippen molar-refractivity contribution in [2.45, 2.75) is 13.5 Å². The maximum atomic E-state index is 9.75. The molecule has 0 radical (unpaired) electrons. The molecule has 23 heavy (non-hydrogen) atoms. The van der Waals surface area contributed by atoms with Gasteiger partial charge in [-0.3, -0.25) is 0 Å². The number of rotatable bonds is 2. The van der Waals surface area contributed by atoms with Gasteiger partial charge >= 0.3 is 0 Å². The zero-order chi connectivity index (χ0) is 16.0. The number of nitrogens with one attached hydrogen (secondary N) is 1. The third kappa shape index (κ3) is 2.24. The summed E-state index contributed by atoms with van der Waals surface area (Å²) in [6.07, 6.45) is 1.97. The fraction of sp³-hybridized carbons (Fsp3) is 0.105. The Hall–Kier alpha value is -2.85. The molecule has 0 spiro atoms. The van der Waals surface area contributed by atoms with Gasteiger partial charge in [0.25, 0.3) is 0 Å². The van der Waals surface area contributed by atoms with Crippen molar-refractivity contribution in [3.05, 3.63) is 59.8 Å². The molecule has 0 unspecified atom stereocenters. The summed E-state index contributed by atoms with van der Waals surface area (Å²) in [7, 11) is 0. The molecule has 0 aliphatic carbocycles. The fourth-order valence-corrected chi connectivity index (χ4v) is 3.04. The molecule has 0 saturated carbocycles. The first-order chi connectivity index (χ1) is 11.2. The van der Waals surface area contributed by atoms with Gasteiger partial charge in [0.05, 0.1) is 11.2 Å². The molecular weight excluding hydrogens is 286 g/mol. The van der Waals surface area contributed by atoms with Gasteiger partial charge < -0.3 is 15.8 Å². The number of nitrogens with zero attached hydrogens (tertiary/aromatic N) is 1. The minimum absolute atomic E-state index is 0.208. The van der Waals surface area contributed by atoms with E-state index in [1.807, 2.05) is 18.3 Å². The van der Waals surface area contributed by atoms with Gasteiger partial charge in [-0.2, -0.15) is 0 Å². The van der Waals surface area contributed by atoms with Crippen LogP contribution in [0.25, 0.3) is 33.1 Å². The zero-order valence-corrected chi connectivity index (χ0v) is 12.8. The van der Waals surface area contributed by atoms with Crippen LogP contribution in [0.15, 0.2) is 48.7 Å². The van der Waals surface area contributed by atoms with Crippen molar-refractivity contribution in [2.75, 3.05) is 0 Å². The molecular formula is C19H17N3O. The van der Waals surface area contributed by atoms with Crippen molar-refractivity contribution in [2.24, 2.45) is 5.73 Å². The van der Waals surface area contributed by atoms with Crippen LogP contribution in [0.5, 0.6) is 5.75 Å². The molecule has 2 heterocycles. The molecule has 4 heteroatoms. The highest BCUT2D eigenvalue weighted by Crippen LogP contribution is 2.31. The molecule has 0 bridgehead atoms. The molecule has 0 saturated heterocycles. The summed E-state index contributed by atoms with van der Waals surface area (Å²) >= 11 is 0. The summed E-state index contributed by atoms with van der Waals surface area (Å²) in [5, 5.41) is 11.9. The quantitative estimate of drug-likeness (QED) is 0.526. The average molecular weight is 303 g/mol. The number of fused-ring (bicyclic) bond motifs is 2. The Balaban J connectivity index is 2.02. The first kappa shape index (κ1) is 13.8. The topological polar surface area (TPSA) is 74.9 Å². The van der Waals surface area contributed by atoms with E-state index >= 15 is 0 Å². The maximum Gasteiger partial charge on any atom is 0.117 e. The molecule has 0 amide bonds. The van der Waals surface area contributed by atoms with Crippen LogP contribution < -0.4 is 5.73 Å². The van der Waals surface area contributed by atoms with Gasteiger partial charge in [-0.1, -0.05) is 11.6 Å². The number of nitrogens with two attached hydrogens (primary N) is 1. The summed E-state index contributed by atoms with van der Waals surface area (Å²) in [6, 6.07) is 13.5. The van der Waals surface area contributed by atoms with Crippen LogP contribution in [0, 0.1) is 6.92 Å². The second-order valence-electron chi connectivity index (χ2n) is 5.82. The lowest BCUT2D eigenvalue weighted by Crippen LogP contribution is -1.99. The smallest absolute Gasteiger partial charge is 0.117 e. The number of hydrogen-bond donors (Lipinski definition) is 3. The number of phenols is 1. The van der Waals surface area contributed by atoms with E-state index in [1.165, 1.54) is 5.56 Å². The third-order valence-electron chi connectivity index (χ3n) is 4.21. The first-order valence-electron chi connectivity index (χ1n) is 7.56. The highest BCUT2D eigenvalue weighted by Gasteiger charge is 2.11. The van der Waals surface area contributed by atoms with Crippen molar-refractivity contribution < 1.29 is 5.11 Å². The summed E-state index contributed by atoms with van der Waals surface area (Å²) in [6.45, 7) is 2.51. The zero-order valence-electron chi connectivity index (χ0n) is 12.8. The SMILES string of the molecule is Cc1ccc2[nH]cc(-c3cc(CN)c4ccc(O)cc4n3)c2c1. The van der Waals surface area contributed by atoms with Crippen LogP contribution in [0.3, 0.4) is 0 Å². The van der Waals surface area contributed by atoms with Crippen LogP contribution in [-0.4, -0.2) is 15.1 Å². The van der Waals surface area contributed by atoms with Crippen molar-refractivity contribution in [3.63, 3.8) is 0 Å². The highest BCUT2D eigenvalue weighted by molar-refractivity contribution is 5.97. The third-order valence-corrected chi connectivity index (χ3v) is 4.21. The standard InChI is InChI=1S/C19H17N3O/c1-11-2-5-17-15(6-11)16(10-21-17)18-7-12(9-20)14-4-3-13(23)8-19(14)22-18/h2-8,10,21,23H,9,20H2,1H3. The Kier molecular flexibility index (Phi) is 3.06. The summed E-state index contributed by atoms with van der Waals surface area (Å²) in [5.74, 6) is 0.208. The molecule has 4 nitrogen and oxygen atoms in total. The van der Waals surface area contributed by atoms with Gasteiger partial charge in [0.2, 0.25) is 0 Å². The molecule has 114 valence electrons. The fourth-order valence-electron chi connectivity index (χ4n) is 3.04. The Morgan fingerprint density at radius 1 is 1.09 bits per heavy atom. The normalized spacial score (nSPS) is 11.4. The molecule has 0 atom stereocenters. The number of hydrogen-bond acceptors (Lipinski definition) is 3. The number of pyridine rings is 1. The first-order valence-corrected chi connectivity index (χ1v) is 7.56. The summed E-state index contributed by atoms with van der Waals surface area (Å²) in [4.78, 5) is 8.02. The number of phenolic OH excluding ortho intramolecular Hbond substituents is 1. The van der Waals surface area contributed by atoms with Crippen LogP contribution >= 0.6 is 0 Å². The lowest BCUT2D eigenvalue weighted by Gasteiger charge is -2.08. The van der Waals surface area contributed by atoms with E-state index in [-0.39, 0.29) is 5.75 Å². The monoisotopic (exact) mass is 303 g/mol. The van der Waals surface area contributed by atoms with Gasteiger partial charge in [-0.25, -0.2) is 4.98 Å². The second-order valence-corrected chi connectivity index (χ2v) is 5.82. The lowest BCUT2D eigenvalue weighted by atomic mass is 10.0. The molecule has 2 aromatic heterocycles. The molecule has 4 rings (SSSR count). The minimum atomic E-state index is 0.208. The maximum absolute atomic E-state index is 9.75. The molecule has 0 fully saturated rings. The van der Waals surface area contributed by atoms with Gasteiger partial charge in [-0.05, 0) is 42.8 Å². The van der Waals surface area contributed by atoms with E-state index in [9.17, 15) is 5.11 Å². The van der Waals surface area contributed by atoms with Crippen molar-refractivity contribution in [1.29, 1.82) is 0 Å². The Morgan fingerprint density at radius 3 is 2.78 bits per heavy atom. The largest absolute Gasteiger partial charge is 0.508 e. The number of aromatic hydroxyl groups is 1. The Morgan fingerprint density at radius 2 is 1.96 bits per heavy atom. The molecule has 4 aromatic rings. The van der Waals surface area contributed by atoms with E-state index in [2.05, 4.69) is 30.1 Å². The lowest BCUT2D eigenvalue weighted by molar-refractivity contribution is 0.476. The number of aromatic amines is 1. The van der Waals surface area contributed by atoms with Crippen molar-refractivity contribution >= 4 is 21.8 Å². The summed E-state index contributed by atoms with van der Waals surface area (Å²) in [5.41, 5.74) is 11.9. The second kappa shape index (κ2) is 5.11. The average Bonchev–Trinajstić information content (AvgIpc) is 2.96. The van der Waals surface area contributed by atoms with Gasteiger partial charge in [0.15, 0.2) is 0 Å². The van der Waals surface area contributed by atoms with Crippen LogP contribution in [-0.2, 0) is 6.54 Å². The van der Waals surface area contributed by atoms with Crippen LogP contribution in [0.4, 0.5) is 0 Å². The minimum Gasteiger partial charge on any atom is -0.508 e. The van der Waals surface area contributed by atoms with E-state index in [0.717, 1.165) is 38.6 Å². The van der Waals surface area contributed by atoms with Crippen molar-refractivity contribution in [3.8, 4) is 17.0 Å². The molecule has 4 N–H and O–H groups in total. The summed E-state index contributed by atoms with van der Waals surface area (Å²) < 4.78 is 0. The molecule has 0 aliphatic rings. The molecule has 0 aliphatic heterocycles. The Bertz CT molecular complexity index is 1030. The van der Waals surface area contributed by atoms with E-state index in [0.29, 0.717) is 6.54 Å². The van der Waals surface area contributed by atoms with Crippen molar-refractivity contribution in [1.82, 2.24) is 9.97 Å². The van der Waals surface area contributed by atoms with E-state index in [1.54, 1.807) is 12.1 Å². The van der Waals surface area contributed by atoms with E-state index in [4.69, 9.17) is 10.7 Å². The highest BCUT2D eigenvalue weighted by atomic mass is 16.3. The number of benzene rings is 2. The predicted octanol–water partition coefficient (Wildman–Crippen LogP) is 3.86. The van der Waals surface area contributed by atoms with Gasteiger partial charge in [0.1, 0.15) is 5.75 Å². The van der Waals surface area contributed by atoms with Gasteiger partial charge in [-0.15, -0.1) is 0 Å². The molecule has 2 aromatic carbocycles. The van der Waals surface area contributed by atoms with E-state index < -0.39 is 0 Å². The number of aromatic nitrogens is 2. The van der Waals surface area contributed by atoms with Crippen LogP contribution in [0.1, 0.15) is 11.1 Å². The number of aryl methyl sites for hydroxylation is 1.